The molecule has 0 saturated carbocycles. The maximum Gasteiger partial charge on any atom is 0.0303 e. The van der Waals surface area contributed by atoms with E-state index in [1.165, 1.54) is 17.5 Å². The molecular formula is C12H15N. The van der Waals surface area contributed by atoms with E-state index in [0.717, 1.165) is 23.3 Å². The van der Waals surface area contributed by atoms with Crippen molar-refractivity contribution in [3.8, 4) is 0 Å². The fraction of sp³-hybridized carbons (Fsp3) is 0.333. The summed E-state index contributed by atoms with van der Waals surface area (Å²) in [6.45, 7) is 8.04. The Morgan fingerprint density at radius 3 is 2.62 bits per heavy atom. The van der Waals surface area contributed by atoms with Gasteiger partial charge in [0.15, 0.2) is 0 Å². The summed E-state index contributed by atoms with van der Waals surface area (Å²) in [6, 6.07) is 4.24. The molecule has 0 aromatic heterocycles. The Kier molecular flexibility index (Phi) is 1.97. The molecule has 1 nitrogen and oxygen atoms in total. The van der Waals surface area contributed by atoms with E-state index in [0.29, 0.717) is 0 Å². The van der Waals surface area contributed by atoms with Gasteiger partial charge in [0, 0.05) is 6.04 Å². The lowest BCUT2D eigenvalue weighted by atomic mass is 9.86. The molecule has 1 aliphatic rings. The Bertz CT molecular complexity index is 419. The van der Waals surface area contributed by atoms with Crippen molar-refractivity contribution in [2.75, 3.05) is 0 Å². The highest BCUT2D eigenvalue weighted by atomic mass is 14.6. The van der Waals surface area contributed by atoms with Crippen molar-refractivity contribution < 1.29 is 0 Å². The van der Waals surface area contributed by atoms with Crippen molar-refractivity contribution in [1.82, 2.24) is 0 Å². The SMILES string of the molecule is C=c1ccc(=C)c2c1CCCC2N. The first-order chi connectivity index (χ1) is 6.20. The minimum Gasteiger partial charge on any atom is -0.324 e. The van der Waals surface area contributed by atoms with Crippen LogP contribution in [0.4, 0.5) is 0 Å². The van der Waals surface area contributed by atoms with E-state index in [-0.39, 0.29) is 6.04 Å². The van der Waals surface area contributed by atoms with Crippen molar-refractivity contribution in [1.29, 1.82) is 0 Å². The fourth-order valence-corrected chi connectivity index (χ4v) is 2.16. The molecule has 0 spiro atoms. The van der Waals surface area contributed by atoms with Crippen LogP contribution in [0.5, 0.6) is 0 Å². The van der Waals surface area contributed by atoms with E-state index in [1.54, 1.807) is 0 Å². The molecule has 0 saturated heterocycles. The van der Waals surface area contributed by atoms with Gasteiger partial charge in [-0.1, -0.05) is 25.3 Å². The quantitative estimate of drug-likeness (QED) is 0.618. The number of hydrogen-bond acceptors (Lipinski definition) is 1. The average Bonchev–Trinajstić information content (AvgIpc) is 2.12. The van der Waals surface area contributed by atoms with Crippen LogP contribution in [-0.2, 0) is 6.42 Å². The van der Waals surface area contributed by atoms with E-state index in [4.69, 9.17) is 5.73 Å². The molecule has 0 amide bonds. The lowest BCUT2D eigenvalue weighted by molar-refractivity contribution is 0.565. The molecule has 2 N–H and O–H groups in total. The zero-order valence-corrected chi connectivity index (χ0v) is 7.84. The highest BCUT2D eigenvalue weighted by Gasteiger charge is 2.17. The van der Waals surface area contributed by atoms with Gasteiger partial charge in [-0.2, -0.15) is 0 Å². The van der Waals surface area contributed by atoms with Crippen molar-refractivity contribution in [3.63, 3.8) is 0 Å². The topological polar surface area (TPSA) is 26.0 Å². The van der Waals surface area contributed by atoms with Gasteiger partial charge < -0.3 is 5.73 Å². The molecule has 0 radical (unpaired) electrons. The highest BCUT2D eigenvalue weighted by molar-refractivity contribution is 5.37. The summed E-state index contributed by atoms with van der Waals surface area (Å²) in [7, 11) is 0. The lowest BCUT2D eigenvalue weighted by Crippen LogP contribution is -2.29. The van der Waals surface area contributed by atoms with Gasteiger partial charge in [-0.05, 0) is 40.8 Å². The van der Waals surface area contributed by atoms with Crippen LogP contribution in [0.2, 0.25) is 0 Å². The fourth-order valence-electron chi connectivity index (χ4n) is 2.16. The first-order valence-corrected chi connectivity index (χ1v) is 4.75. The minimum atomic E-state index is 0.179. The second kappa shape index (κ2) is 3.00. The van der Waals surface area contributed by atoms with Crippen LogP contribution in [0.1, 0.15) is 30.0 Å². The van der Waals surface area contributed by atoms with E-state index in [9.17, 15) is 0 Å². The van der Waals surface area contributed by atoms with Crippen LogP contribution in [0.25, 0.3) is 13.2 Å². The first-order valence-electron chi connectivity index (χ1n) is 4.75. The molecule has 2 rings (SSSR count). The van der Waals surface area contributed by atoms with Gasteiger partial charge >= 0.3 is 0 Å². The maximum absolute atomic E-state index is 6.05. The average molecular weight is 173 g/mol. The van der Waals surface area contributed by atoms with Crippen molar-refractivity contribution in [2.45, 2.75) is 25.3 Å². The molecule has 1 atom stereocenters. The summed E-state index contributed by atoms with van der Waals surface area (Å²) in [5, 5.41) is 2.20. The Balaban J connectivity index is 2.75. The summed E-state index contributed by atoms with van der Waals surface area (Å²) >= 11 is 0. The molecule has 1 aromatic rings. The van der Waals surface area contributed by atoms with Gasteiger partial charge in [-0.3, -0.25) is 0 Å². The molecule has 68 valence electrons. The smallest absolute Gasteiger partial charge is 0.0303 e. The molecule has 1 aromatic carbocycles. The Morgan fingerprint density at radius 2 is 1.92 bits per heavy atom. The summed E-state index contributed by atoms with van der Waals surface area (Å²) in [4.78, 5) is 0. The van der Waals surface area contributed by atoms with Crippen LogP contribution in [0.3, 0.4) is 0 Å². The lowest BCUT2D eigenvalue weighted by Gasteiger charge is -2.22. The third-order valence-electron chi connectivity index (χ3n) is 2.86. The molecule has 13 heavy (non-hydrogen) atoms. The third kappa shape index (κ3) is 1.29. The molecule has 0 aliphatic heterocycles. The Morgan fingerprint density at radius 1 is 1.23 bits per heavy atom. The van der Waals surface area contributed by atoms with Gasteiger partial charge in [0.2, 0.25) is 0 Å². The largest absolute Gasteiger partial charge is 0.324 e. The minimum absolute atomic E-state index is 0.179. The van der Waals surface area contributed by atoms with Crippen LogP contribution in [0, 0.1) is 0 Å². The zero-order valence-electron chi connectivity index (χ0n) is 7.84. The Labute approximate surface area is 78.6 Å². The molecule has 0 fully saturated rings. The van der Waals surface area contributed by atoms with Crippen molar-refractivity contribution >= 4 is 13.2 Å². The monoisotopic (exact) mass is 173 g/mol. The normalized spacial score (nSPS) is 21.2. The predicted molar refractivity (Wildman–Crippen MR) is 56.6 cm³/mol. The van der Waals surface area contributed by atoms with E-state index in [2.05, 4.69) is 13.2 Å². The van der Waals surface area contributed by atoms with Gasteiger partial charge in [0.05, 0.1) is 0 Å². The summed E-state index contributed by atoms with van der Waals surface area (Å²) < 4.78 is 0. The standard InChI is InChI=1S/C12H15N/c1-8-6-7-9(2)12-10(8)4-3-5-11(12)13/h6-7,11H,1-5,13H2. The van der Waals surface area contributed by atoms with E-state index >= 15 is 0 Å². The van der Waals surface area contributed by atoms with Crippen molar-refractivity contribution in [2.24, 2.45) is 5.73 Å². The summed E-state index contributed by atoms with van der Waals surface area (Å²) in [5.41, 5.74) is 8.64. The zero-order chi connectivity index (χ0) is 9.42. The third-order valence-corrected chi connectivity index (χ3v) is 2.86. The molecule has 0 bridgehead atoms. The molecule has 1 heteroatoms. The summed E-state index contributed by atoms with van der Waals surface area (Å²) in [5.74, 6) is 0. The number of nitrogens with two attached hydrogens (primary N) is 1. The molecule has 0 heterocycles. The van der Waals surface area contributed by atoms with Crippen LogP contribution in [-0.4, -0.2) is 0 Å². The predicted octanol–water partition coefficient (Wildman–Crippen LogP) is 0.843. The maximum atomic E-state index is 6.05. The van der Waals surface area contributed by atoms with E-state index in [1.807, 2.05) is 12.1 Å². The second-order valence-corrected chi connectivity index (χ2v) is 3.77. The van der Waals surface area contributed by atoms with Crippen LogP contribution >= 0.6 is 0 Å². The van der Waals surface area contributed by atoms with Crippen molar-refractivity contribution in [3.05, 3.63) is 33.7 Å². The van der Waals surface area contributed by atoms with Crippen LogP contribution < -0.4 is 16.2 Å². The first kappa shape index (κ1) is 8.52. The number of rotatable bonds is 0. The number of benzene rings is 1. The highest BCUT2D eigenvalue weighted by Crippen LogP contribution is 2.22. The van der Waals surface area contributed by atoms with Gasteiger partial charge in [-0.15, -0.1) is 0 Å². The van der Waals surface area contributed by atoms with E-state index < -0.39 is 0 Å². The second-order valence-electron chi connectivity index (χ2n) is 3.77. The number of hydrogen-bond donors (Lipinski definition) is 1. The number of fused-ring (bicyclic) bond motifs is 1. The van der Waals surface area contributed by atoms with Gasteiger partial charge in [-0.25, -0.2) is 0 Å². The van der Waals surface area contributed by atoms with Gasteiger partial charge in [0.25, 0.3) is 0 Å². The van der Waals surface area contributed by atoms with Crippen LogP contribution in [0.15, 0.2) is 12.1 Å². The summed E-state index contributed by atoms with van der Waals surface area (Å²) in [6.07, 6.45) is 3.38. The molecule has 1 aliphatic carbocycles. The van der Waals surface area contributed by atoms with Gasteiger partial charge in [0.1, 0.15) is 0 Å². The molecular weight excluding hydrogens is 158 g/mol. The molecule has 1 unspecified atom stereocenters. The Hall–Kier alpha value is -1.08.